The smallest absolute Gasteiger partial charge is 0.338 e. The lowest BCUT2D eigenvalue weighted by molar-refractivity contribution is 0.0471. The Labute approximate surface area is 187 Å². The highest BCUT2D eigenvalue weighted by atomic mass is 16.5. The molecule has 0 saturated carbocycles. The van der Waals surface area contributed by atoms with E-state index in [0.717, 1.165) is 11.1 Å². The van der Waals surface area contributed by atoms with Crippen molar-refractivity contribution in [3.05, 3.63) is 77.4 Å². The predicted molar refractivity (Wildman–Crippen MR) is 119 cm³/mol. The normalized spacial score (nSPS) is 10.2. The van der Waals surface area contributed by atoms with Crippen LogP contribution in [0.4, 0.5) is 0 Å². The van der Waals surface area contributed by atoms with Crippen molar-refractivity contribution in [3.63, 3.8) is 0 Å². The summed E-state index contributed by atoms with van der Waals surface area (Å²) in [5.41, 5.74) is 1.96. The molecule has 0 heterocycles. The van der Waals surface area contributed by atoms with Crippen LogP contribution in [0.15, 0.2) is 60.7 Å². The second-order valence-corrected chi connectivity index (χ2v) is 6.74. The SMILES string of the molecule is COc1cccc(COC(=O)c2cc(OC)c(OCc3ccccc3OC)c(OC)c2)c1. The third kappa shape index (κ3) is 5.43. The third-order valence-electron chi connectivity index (χ3n) is 4.76. The van der Waals surface area contributed by atoms with E-state index in [1.807, 2.05) is 48.5 Å². The Hall–Kier alpha value is -3.87. The number of benzene rings is 3. The van der Waals surface area contributed by atoms with Gasteiger partial charge in [-0.25, -0.2) is 4.79 Å². The molecule has 0 amide bonds. The van der Waals surface area contributed by atoms with E-state index in [1.165, 1.54) is 14.2 Å². The Kier molecular flexibility index (Phi) is 7.80. The van der Waals surface area contributed by atoms with E-state index in [9.17, 15) is 4.79 Å². The van der Waals surface area contributed by atoms with Gasteiger partial charge in [-0.05, 0) is 35.9 Å². The van der Waals surface area contributed by atoms with E-state index in [0.29, 0.717) is 28.7 Å². The number of carbonyl (C=O) groups excluding carboxylic acids is 1. The number of rotatable bonds is 10. The lowest BCUT2D eigenvalue weighted by Crippen LogP contribution is -2.08. The molecule has 3 aromatic rings. The molecule has 3 rings (SSSR count). The quantitative estimate of drug-likeness (QED) is 0.427. The molecule has 3 aromatic carbocycles. The van der Waals surface area contributed by atoms with Crippen LogP contribution in [0, 0.1) is 0 Å². The molecular formula is C25H26O7. The molecule has 0 aromatic heterocycles. The summed E-state index contributed by atoms with van der Waals surface area (Å²) in [6.45, 7) is 0.336. The molecule has 7 heteroatoms. The molecule has 168 valence electrons. The summed E-state index contributed by atoms with van der Waals surface area (Å²) < 4.78 is 32.9. The van der Waals surface area contributed by atoms with Gasteiger partial charge in [0.15, 0.2) is 11.5 Å². The van der Waals surface area contributed by atoms with Gasteiger partial charge < -0.3 is 28.4 Å². The molecule has 0 radical (unpaired) electrons. The minimum Gasteiger partial charge on any atom is -0.497 e. The average Bonchev–Trinajstić information content (AvgIpc) is 2.85. The molecule has 0 spiro atoms. The summed E-state index contributed by atoms with van der Waals surface area (Å²) >= 11 is 0. The number of esters is 1. The number of hydrogen-bond donors (Lipinski definition) is 0. The average molecular weight is 438 g/mol. The van der Waals surface area contributed by atoms with Gasteiger partial charge in [0.1, 0.15) is 24.7 Å². The van der Waals surface area contributed by atoms with Gasteiger partial charge in [-0.2, -0.15) is 0 Å². The third-order valence-corrected chi connectivity index (χ3v) is 4.76. The monoisotopic (exact) mass is 438 g/mol. The van der Waals surface area contributed by atoms with Crippen LogP contribution < -0.4 is 23.7 Å². The maximum atomic E-state index is 12.7. The minimum absolute atomic E-state index is 0.104. The van der Waals surface area contributed by atoms with Crippen LogP contribution >= 0.6 is 0 Å². The highest BCUT2D eigenvalue weighted by molar-refractivity contribution is 5.91. The highest BCUT2D eigenvalue weighted by Crippen LogP contribution is 2.39. The molecule has 0 fully saturated rings. The van der Waals surface area contributed by atoms with Crippen LogP contribution in [0.1, 0.15) is 21.5 Å². The van der Waals surface area contributed by atoms with E-state index < -0.39 is 5.97 Å². The fraction of sp³-hybridized carbons (Fsp3) is 0.240. The summed E-state index contributed by atoms with van der Waals surface area (Å²) in [6.07, 6.45) is 0. The van der Waals surface area contributed by atoms with Crippen molar-refractivity contribution in [2.75, 3.05) is 28.4 Å². The molecule has 0 aliphatic rings. The molecule has 0 N–H and O–H groups in total. The largest absolute Gasteiger partial charge is 0.497 e. The Morgan fingerprint density at radius 2 is 1.41 bits per heavy atom. The zero-order valence-corrected chi connectivity index (χ0v) is 18.5. The molecular weight excluding hydrogens is 412 g/mol. The van der Waals surface area contributed by atoms with Crippen molar-refractivity contribution in [2.45, 2.75) is 13.2 Å². The first kappa shape index (κ1) is 22.8. The van der Waals surface area contributed by atoms with Gasteiger partial charge >= 0.3 is 5.97 Å². The Morgan fingerprint density at radius 1 is 0.719 bits per heavy atom. The molecule has 0 saturated heterocycles. The van der Waals surface area contributed by atoms with E-state index in [2.05, 4.69) is 0 Å². The van der Waals surface area contributed by atoms with Gasteiger partial charge in [0, 0.05) is 5.56 Å². The van der Waals surface area contributed by atoms with Crippen LogP contribution in [0.5, 0.6) is 28.7 Å². The van der Waals surface area contributed by atoms with Gasteiger partial charge in [-0.1, -0.05) is 30.3 Å². The summed E-state index contributed by atoms with van der Waals surface area (Å²) in [4.78, 5) is 12.7. The van der Waals surface area contributed by atoms with Gasteiger partial charge in [-0.3, -0.25) is 0 Å². The standard InChI is InChI=1S/C25H26O7/c1-27-20-10-7-8-17(12-20)15-32-25(26)19-13-22(29-3)24(23(14-19)30-4)31-16-18-9-5-6-11-21(18)28-2/h5-14H,15-16H2,1-4H3. The maximum absolute atomic E-state index is 12.7. The van der Waals surface area contributed by atoms with E-state index in [-0.39, 0.29) is 18.8 Å². The summed E-state index contributed by atoms with van der Waals surface area (Å²) in [6, 6.07) is 18.0. The van der Waals surface area contributed by atoms with Crippen molar-refractivity contribution in [1.82, 2.24) is 0 Å². The minimum atomic E-state index is -0.513. The van der Waals surface area contributed by atoms with Gasteiger partial charge in [0.05, 0.1) is 34.0 Å². The summed E-state index contributed by atoms with van der Waals surface area (Å²) in [7, 11) is 6.18. The maximum Gasteiger partial charge on any atom is 0.338 e. The lowest BCUT2D eigenvalue weighted by Gasteiger charge is -2.17. The topological polar surface area (TPSA) is 72.5 Å². The second kappa shape index (κ2) is 10.9. The van der Waals surface area contributed by atoms with E-state index >= 15 is 0 Å². The molecule has 0 atom stereocenters. The number of carbonyl (C=O) groups is 1. The Balaban J connectivity index is 1.77. The van der Waals surface area contributed by atoms with E-state index in [1.54, 1.807) is 26.4 Å². The van der Waals surface area contributed by atoms with Crippen molar-refractivity contribution in [3.8, 4) is 28.7 Å². The second-order valence-electron chi connectivity index (χ2n) is 6.74. The number of para-hydroxylation sites is 1. The molecule has 0 bridgehead atoms. The fourth-order valence-electron chi connectivity index (χ4n) is 3.11. The highest BCUT2D eigenvalue weighted by Gasteiger charge is 2.19. The molecule has 0 unspecified atom stereocenters. The van der Waals surface area contributed by atoms with Gasteiger partial charge in [0.2, 0.25) is 5.75 Å². The zero-order chi connectivity index (χ0) is 22.9. The first-order valence-corrected chi connectivity index (χ1v) is 9.90. The molecule has 0 aliphatic carbocycles. The zero-order valence-electron chi connectivity index (χ0n) is 18.5. The van der Waals surface area contributed by atoms with Crippen molar-refractivity contribution in [1.29, 1.82) is 0 Å². The van der Waals surface area contributed by atoms with Crippen LogP contribution in [0.3, 0.4) is 0 Å². The summed E-state index contributed by atoms with van der Waals surface area (Å²) in [5.74, 6) is 1.98. The van der Waals surface area contributed by atoms with Crippen LogP contribution in [0.25, 0.3) is 0 Å². The number of ether oxygens (including phenoxy) is 6. The lowest BCUT2D eigenvalue weighted by atomic mass is 10.1. The first-order chi connectivity index (χ1) is 15.6. The van der Waals surface area contributed by atoms with Crippen LogP contribution in [0.2, 0.25) is 0 Å². The van der Waals surface area contributed by atoms with E-state index in [4.69, 9.17) is 28.4 Å². The van der Waals surface area contributed by atoms with Crippen LogP contribution in [-0.4, -0.2) is 34.4 Å². The van der Waals surface area contributed by atoms with Crippen molar-refractivity contribution < 1.29 is 33.2 Å². The van der Waals surface area contributed by atoms with Gasteiger partial charge in [0.25, 0.3) is 0 Å². The van der Waals surface area contributed by atoms with Crippen LogP contribution in [-0.2, 0) is 18.0 Å². The number of methoxy groups -OCH3 is 4. The van der Waals surface area contributed by atoms with Crippen molar-refractivity contribution >= 4 is 5.97 Å². The Morgan fingerprint density at radius 3 is 2.06 bits per heavy atom. The predicted octanol–water partition coefficient (Wildman–Crippen LogP) is 4.66. The Bertz CT molecular complexity index is 1040. The first-order valence-electron chi connectivity index (χ1n) is 9.90. The molecule has 7 nitrogen and oxygen atoms in total. The number of hydrogen-bond acceptors (Lipinski definition) is 7. The summed E-state index contributed by atoms with van der Waals surface area (Å²) in [5, 5.41) is 0. The van der Waals surface area contributed by atoms with Gasteiger partial charge in [-0.15, -0.1) is 0 Å². The fourth-order valence-corrected chi connectivity index (χ4v) is 3.11. The van der Waals surface area contributed by atoms with Crippen molar-refractivity contribution in [2.24, 2.45) is 0 Å². The molecule has 32 heavy (non-hydrogen) atoms. The molecule has 0 aliphatic heterocycles.